The van der Waals surface area contributed by atoms with Crippen LogP contribution in [0.2, 0.25) is 0 Å². The second-order valence-electron chi connectivity index (χ2n) is 6.10. The number of aliphatic hydroxyl groups excluding tert-OH is 1. The predicted molar refractivity (Wildman–Crippen MR) is 87.1 cm³/mol. The Bertz CT molecular complexity index is 653. The van der Waals surface area contributed by atoms with Crippen molar-refractivity contribution < 1.29 is 5.11 Å². The SMILES string of the molecule is CC[C@@H]([C@@H](C)O)n1ncn(Cc2ccc(C(C)C)cc2)c1=O. The van der Waals surface area contributed by atoms with Crippen LogP contribution in [0.1, 0.15) is 57.2 Å². The fourth-order valence-corrected chi connectivity index (χ4v) is 2.61. The molecule has 1 aromatic carbocycles. The summed E-state index contributed by atoms with van der Waals surface area (Å²) in [6.45, 7) is 8.43. The van der Waals surface area contributed by atoms with Crippen LogP contribution >= 0.6 is 0 Å². The molecule has 120 valence electrons. The van der Waals surface area contributed by atoms with Gasteiger partial charge in [0.1, 0.15) is 6.33 Å². The lowest BCUT2D eigenvalue weighted by atomic mass is 10.0. The first-order valence-corrected chi connectivity index (χ1v) is 7.84. The van der Waals surface area contributed by atoms with E-state index in [-0.39, 0.29) is 11.7 Å². The Morgan fingerprint density at radius 3 is 2.32 bits per heavy atom. The van der Waals surface area contributed by atoms with Gasteiger partial charge in [-0.1, -0.05) is 45.0 Å². The Balaban J connectivity index is 2.21. The third kappa shape index (κ3) is 3.47. The summed E-state index contributed by atoms with van der Waals surface area (Å²) in [6.07, 6.45) is 1.61. The molecule has 5 heteroatoms. The lowest BCUT2D eigenvalue weighted by Crippen LogP contribution is -2.33. The summed E-state index contributed by atoms with van der Waals surface area (Å²) in [6, 6.07) is 8.01. The van der Waals surface area contributed by atoms with Gasteiger partial charge in [0.2, 0.25) is 0 Å². The lowest BCUT2D eigenvalue weighted by Gasteiger charge is -2.16. The van der Waals surface area contributed by atoms with E-state index >= 15 is 0 Å². The van der Waals surface area contributed by atoms with Crippen LogP contribution < -0.4 is 5.69 Å². The first-order chi connectivity index (χ1) is 10.4. The molecule has 0 spiro atoms. The zero-order valence-electron chi connectivity index (χ0n) is 13.7. The monoisotopic (exact) mass is 303 g/mol. The number of benzene rings is 1. The molecule has 22 heavy (non-hydrogen) atoms. The molecule has 0 amide bonds. The average Bonchev–Trinajstić information content (AvgIpc) is 2.82. The van der Waals surface area contributed by atoms with Gasteiger partial charge >= 0.3 is 5.69 Å². The highest BCUT2D eigenvalue weighted by atomic mass is 16.3. The van der Waals surface area contributed by atoms with E-state index in [0.717, 1.165) is 5.56 Å². The van der Waals surface area contributed by atoms with Crippen molar-refractivity contribution >= 4 is 0 Å². The van der Waals surface area contributed by atoms with Gasteiger partial charge in [-0.15, -0.1) is 0 Å². The van der Waals surface area contributed by atoms with E-state index in [4.69, 9.17) is 0 Å². The molecule has 0 aliphatic carbocycles. The van der Waals surface area contributed by atoms with Crippen molar-refractivity contribution in [1.82, 2.24) is 14.3 Å². The van der Waals surface area contributed by atoms with Crippen LogP contribution in [-0.4, -0.2) is 25.6 Å². The number of hydrogen-bond acceptors (Lipinski definition) is 3. The minimum Gasteiger partial charge on any atom is -0.391 e. The molecule has 1 N–H and O–H groups in total. The van der Waals surface area contributed by atoms with Crippen LogP contribution in [0.25, 0.3) is 0 Å². The van der Waals surface area contributed by atoms with Gasteiger partial charge < -0.3 is 5.11 Å². The molecule has 5 nitrogen and oxygen atoms in total. The van der Waals surface area contributed by atoms with Crippen LogP contribution in [0.15, 0.2) is 35.4 Å². The Morgan fingerprint density at radius 2 is 1.82 bits per heavy atom. The molecule has 1 aromatic heterocycles. The van der Waals surface area contributed by atoms with Crippen molar-refractivity contribution in [3.05, 3.63) is 52.2 Å². The lowest BCUT2D eigenvalue weighted by molar-refractivity contribution is 0.118. The maximum absolute atomic E-state index is 12.4. The normalized spacial score (nSPS) is 14.3. The van der Waals surface area contributed by atoms with Gasteiger partial charge in [-0.2, -0.15) is 5.10 Å². The molecule has 2 aromatic rings. The summed E-state index contributed by atoms with van der Waals surface area (Å²) in [4.78, 5) is 12.4. The van der Waals surface area contributed by atoms with Gasteiger partial charge in [-0.3, -0.25) is 4.57 Å². The van der Waals surface area contributed by atoms with Crippen molar-refractivity contribution in [3.8, 4) is 0 Å². The molecular weight excluding hydrogens is 278 g/mol. The highest BCUT2D eigenvalue weighted by molar-refractivity contribution is 5.24. The predicted octanol–water partition coefficient (Wildman–Crippen LogP) is 2.55. The van der Waals surface area contributed by atoms with E-state index in [1.807, 2.05) is 19.1 Å². The van der Waals surface area contributed by atoms with Gasteiger partial charge in [0.05, 0.1) is 18.7 Å². The Kier molecular flexibility index (Phi) is 5.19. The molecule has 0 saturated carbocycles. The molecule has 2 rings (SSSR count). The molecule has 2 atom stereocenters. The summed E-state index contributed by atoms with van der Waals surface area (Å²) in [7, 11) is 0. The zero-order valence-corrected chi connectivity index (χ0v) is 13.7. The van der Waals surface area contributed by atoms with Crippen molar-refractivity contribution in [2.24, 2.45) is 0 Å². The molecule has 1 heterocycles. The topological polar surface area (TPSA) is 60.0 Å². The minimum absolute atomic E-state index is 0.180. The van der Waals surface area contributed by atoms with Gasteiger partial charge in [-0.25, -0.2) is 9.48 Å². The smallest absolute Gasteiger partial charge is 0.346 e. The molecule has 0 bridgehead atoms. The van der Waals surface area contributed by atoms with E-state index in [1.165, 1.54) is 10.2 Å². The zero-order chi connectivity index (χ0) is 16.3. The Labute approximate surface area is 131 Å². The molecule has 0 unspecified atom stereocenters. The van der Waals surface area contributed by atoms with E-state index in [2.05, 4.69) is 31.1 Å². The van der Waals surface area contributed by atoms with E-state index in [1.54, 1.807) is 17.8 Å². The summed E-state index contributed by atoms with van der Waals surface area (Å²) in [5, 5.41) is 13.9. The van der Waals surface area contributed by atoms with E-state index in [0.29, 0.717) is 18.9 Å². The Hall–Kier alpha value is -1.88. The molecular formula is C17H25N3O2. The third-order valence-corrected chi connectivity index (χ3v) is 4.05. The number of hydrogen-bond donors (Lipinski definition) is 1. The maximum atomic E-state index is 12.4. The molecule has 0 aliphatic heterocycles. The van der Waals surface area contributed by atoms with Crippen LogP contribution in [0.4, 0.5) is 0 Å². The number of aliphatic hydroxyl groups is 1. The van der Waals surface area contributed by atoms with Gasteiger partial charge in [0.25, 0.3) is 0 Å². The van der Waals surface area contributed by atoms with Crippen molar-refractivity contribution in [3.63, 3.8) is 0 Å². The fraction of sp³-hybridized carbons (Fsp3) is 0.529. The fourth-order valence-electron chi connectivity index (χ4n) is 2.61. The van der Waals surface area contributed by atoms with Gasteiger partial charge in [0.15, 0.2) is 0 Å². The number of aromatic nitrogens is 3. The minimum atomic E-state index is -0.601. The van der Waals surface area contributed by atoms with E-state index in [9.17, 15) is 9.90 Å². The van der Waals surface area contributed by atoms with Gasteiger partial charge in [0, 0.05) is 0 Å². The molecule has 0 radical (unpaired) electrons. The molecule has 0 fully saturated rings. The second kappa shape index (κ2) is 6.92. The van der Waals surface area contributed by atoms with Crippen LogP contribution in [0.3, 0.4) is 0 Å². The molecule has 0 saturated heterocycles. The first-order valence-electron chi connectivity index (χ1n) is 7.84. The highest BCUT2D eigenvalue weighted by Gasteiger charge is 2.19. The largest absolute Gasteiger partial charge is 0.391 e. The van der Waals surface area contributed by atoms with Crippen LogP contribution in [0.5, 0.6) is 0 Å². The quantitative estimate of drug-likeness (QED) is 0.892. The summed E-state index contributed by atoms with van der Waals surface area (Å²) >= 11 is 0. The van der Waals surface area contributed by atoms with E-state index < -0.39 is 6.10 Å². The first kappa shape index (κ1) is 16.5. The highest BCUT2D eigenvalue weighted by Crippen LogP contribution is 2.15. The van der Waals surface area contributed by atoms with Crippen LogP contribution in [-0.2, 0) is 6.54 Å². The van der Waals surface area contributed by atoms with Crippen molar-refractivity contribution in [1.29, 1.82) is 0 Å². The molecule has 0 aliphatic rings. The average molecular weight is 303 g/mol. The third-order valence-electron chi connectivity index (χ3n) is 4.05. The number of rotatable bonds is 6. The number of nitrogens with zero attached hydrogens (tertiary/aromatic N) is 3. The summed E-state index contributed by atoms with van der Waals surface area (Å²) in [5.74, 6) is 0.496. The van der Waals surface area contributed by atoms with Crippen LogP contribution in [0, 0.1) is 0 Å². The summed E-state index contributed by atoms with van der Waals surface area (Å²) in [5.41, 5.74) is 2.17. The second-order valence-corrected chi connectivity index (χ2v) is 6.10. The Morgan fingerprint density at radius 1 is 1.18 bits per heavy atom. The maximum Gasteiger partial charge on any atom is 0.346 e. The van der Waals surface area contributed by atoms with Gasteiger partial charge in [-0.05, 0) is 30.4 Å². The standard InChI is InChI=1S/C17H25N3O2/c1-5-16(13(4)21)20-17(22)19(11-18-20)10-14-6-8-15(9-7-14)12(2)3/h6-9,11-13,16,21H,5,10H2,1-4H3/t13-,16+/m1/s1. The van der Waals surface area contributed by atoms with Crippen molar-refractivity contribution in [2.75, 3.05) is 0 Å². The van der Waals surface area contributed by atoms with Crippen molar-refractivity contribution in [2.45, 2.75) is 58.7 Å². The summed E-state index contributed by atoms with van der Waals surface area (Å²) < 4.78 is 2.96.